The summed E-state index contributed by atoms with van der Waals surface area (Å²) in [6, 6.07) is 18.7. The number of carbonyl (C=O) groups excluding carboxylic acids is 1. The Labute approximate surface area is 133 Å². The molecule has 5 heteroatoms. The minimum absolute atomic E-state index is 0.0702. The van der Waals surface area contributed by atoms with E-state index in [1.54, 1.807) is 0 Å². The number of likely N-dealkylation sites (N-methyl/N-ethyl adjacent to an activating group) is 1. The number of hydrogen-bond donors (Lipinski definition) is 1. The molecule has 0 unspecified atom stereocenters. The maximum absolute atomic E-state index is 12.1. The number of anilines is 1. The maximum Gasteiger partial charge on any atom is 0.238 e. The van der Waals surface area contributed by atoms with Crippen LogP contribution in [0.4, 0.5) is 5.69 Å². The molecule has 22 heavy (non-hydrogen) atoms. The monoisotopic (exact) mass is 316 g/mol. The van der Waals surface area contributed by atoms with Crippen LogP contribution in [0.15, 0.2) is 65.6 Å². The molecule has 0 bridgehead atoms. The van der Waals surface area contributed by atoms with Gasteiger partial charge in [0.05, 0.1) is 17.3 Å². The second-order valence-corrected chi connectivity index (χ2v) is 6.59. The van der Waals surface area contributed by atoms with E-state index in [2.05, 4.69) is 5.32 Å². The van der Waals surface area contributed by atoms with Gasteiger partial charge in [-0.05, 0) is 31.3 Å². The molecule has 0 heterocycles. The van der Waals surface area contributed by atoms with Gasteiger partial charge in [0.25, 0.3) is 0 Å². The van der Waals surface area contributed by atoms with Gasteiger partial charge in [-0.25, -0.2) is 0 Å². The van der Waals surface area contributed by atoms with Crippen molar-refractivity contribution in [1.29, 1.82) is 0 Å². The summed E-state index contributed by atoms with van der Waals surface area (Å²) in [4.78, 5) is 14.6. The largest absolute Gasteiger partial charge is 0.325 e. The van der Waals surface area contributed by atoms with E-state index in [1.807, 2.05) is 72.6 Å². The molecule has 2 rings (SSSR count). The molecule has 1 atom stereocenters. The Hall–Kier alpha value is -1.98. The van der Waals surface area contributed by atoms with Crippen molar-refractivity contribution in [3.05, 3.63) is 60.7 Å². The number of hydrogen-bond acceptors (Lipinski definition) is 3. The minimum atomic E-state index is -1.03. The van der Waals surface area contributed by atoms with Gasteiger partial charge in [-0.2, -0.15) is 0 Å². The first-order valence-corrected chi connectivity index (χ1v) is 8.44. The van der Waals surface area contributed by atoms with Gasteiger partial charge in [0.15, 0.2) is 0 Å². The van der Waals surface area contributed by atoms with Gasteiger partial charge in [-0.1, -0.05) is 36.4 Å². The highest BCUT2D eigenvalue weighted by Crippen LogP contribution is 2.06. The van der Waals surface area contributed by atoms with Crippen molar-refractivity contribution in [2.75, 3.05) is 31.2 Å². The van der Waals surface area contributed by atoms with Crippen LogP contribution in [0, 0.1) is 0 Å². The molecule has 0 saturated carbocycles. The summed E-state index contributed by atoms with van der Waals surface area (Å²) in [5.41, 5.74) is 0.786. The normalized spacial score (nSPS) is 12.1. The molecular weight excluding hydrogens is 296 g/mol. The molecule has 4 nitrogen and oxygen atoms in total. The zero-order chi connectivity index (χ0) is 15.8. The average molecular weight is 316 g/mol. The third-order valence-corrected chi connectivity index (χ3v) is 4.49. The van der Waals surface area contributed by atoms with E-state index < -0.39 is 10.8 Å². The van der Waals surface area contributed by atoms with Crippen molar-refractivity contribution >= 4 is 22.4 Å². The third kappa shape index (κ3) is 5.42. The van der Waals surface area contributed by atoms with Crippen molar-refractivity contribution < 1.29 is 9.00 Å². The van der Waals surface area contributed by atoms with Gasteiger partial charge in [-0.3, -0.25) is 13.9 Å². The van der Waals surface area contributed by atoms with Crippen LogP contribution >= 0.6 is 0 Å². The first-order chi connectivity index (χ1) is 10.6. The molecule has 0 aliphatic carbocycles. The summed E-state index contributed by atoms with van der Waals surface area (Å²) >= 11 is 0. The van der Waals surface area contributed by atoms with Gasteiger partial charge in [-0.15, -0.1) is 0 Å². The van der Waals surface area contributed by atoms with Crippen LogP contribution in [-0.4, -0.2) is 40.9 Å². The highest BCUT2D eigenvalue weighted by molar-refractivity contribution is 7.85. The second-order valence-electron chi connectivity index (χ2n) is 5.01. The van der Waals surface area contributed by atoms with Gasteiger partial charge < -0.3 is 5.32 Å². The quantitative estimate of drug-likeness (QED) is 0.853. The lowest BCUT2D eigenvalue weighted by atomic mass is 10.3. The minimum Gasteiger partial charge on any atom is -0.325 e. The lowest BCUT2D eigenvalue weighted by molar-refractivity contribution is -0.117. The van der Waals surface area contributed by atoms with Crippen LogP contribution in [-0.2, 0) is 15.6 Å². The average Bonchev–Trinajstić information content (AvgIpc) is 2.54. The molecule has 0 aliphatic heterocycles. The number of para-hydroxylation sites is 1. The fraction of sp³-hybridized carbons (Fsp3) is 0.235. The van der Waals surface area contributed by atoms with E-state index in [0.29, 0.717) is 12.3 Å². The third-order valence-electron chi connectivity index (χ3n) is 3.14. The second kappa shape index (κ2) is 8.46. The highest BCUT2D eigenvalue weighted by atomic mass is 32.2. The molecule has 0 radical (unpaired) electrons. The Morgan fingerprint density at radius 1 is 1.05 bits per heavy atom. The van der Waals surface area contributed by atoms with E-state index in [0.717, 1.165) is 10.6 Å². The molecule has 1 N–H and O–H groups in total. The molecule has 2 aromatic rings. The molecule has 2 aromatic carbocycles. The van der Waals surface area contributed by atoms with Crippen LogP contribution in [0.3, 0.4) is 0 Å². The molecular formula is C17H20N2O2S. The first-order valence-electron chi connectivity index (χ1n) is 7.12. The Morgan fingerprint density at radius 2 is 1.64 bits per heavy atom. The van der Waals surface area contributed by atoms with Crippen LogP contribution in [0.25, 0.3) is 0 Å². The van der Waals surface area contributed by atoms with Crippen LogP contribution in [0.5, 0.6) is 0 Å². The van der Waals surface area contributed by atoms with E-state index in [9.17, 15) is 9.00 Å². The maximum atomic E-state index is 12.1. The number of nitrogens with one attached hydrogen (secondary N) is 1. The fourth-order valence-electron chi connectivity index (χ4n) is 1.98. The molecule has 116 valence electrons. The molecule has 0 fully saturated rings. The Kier molecular flexibility index (Phi) is 6.30. The van der Waals surface area contributed by atoms with Crippen molar-refractivity contribution in [3.8, 4) is 0 Å². The first kappa shape index (κ1) is 16.4. The summed E-state index contributed by atoms with van der Waals surface area (Å²) in [5, 5.41) is 2.84. The zero-order valence-corrected chi connectivity index (χ0v) is 13.4. The smallest absolute Gasteiger partial charge is 0.238 e. The summed E-state index contributed by atoms with van der Waals surface area (Å²) in [6.07, 6.45) is 0. The lowest BCUT2D eigenvalue weighted by Crippen LogP contribution is -2.32. The van der Waals surface area contributed by atoms with Crippen molar-refractivity contribution in [3.63, 3.8) is 0 Å². The van der Waals surface area contributed by atoms with Gasteiger partial charge >= 0.3 is 0 Å². The number of benzene rings is 2. The van der Waals surface area contributed by atoms with E-state index >= 15 is 0 Å². The van der Waals surface area contributed by atoms with Gasteiger partial charge in [0.2, 0.25) is 5.91 Å². The standard InChI is InChI=1S/C17H20N2O2S/c1-19(12-13-22(21)16-10-6-3-7-11-16)14-17(20)18-15-8-4-2-5-9-15/h2-11H,12-14H2,1H3,(H,18,20)/t22-/m1/s1. The topological polar surface area (TPSA) is 49.4 Å². The van der Waals surface area contributed by atoms with Gasteiger partial charge in [0, 0.05) is 22.9 Å². The summed E-state index contributed by atoms with van der Waals surface area (Å²) in [7, 11) is 0.824. The van der Waals surface area contributed by atoms with Crippen molar-refractivity contribution in [2.24, 2.45) is 0 Å². The fourth-order valence-corrected chi connectivity index (χ4v) is 3.15. The van der Waals surface area contributed by atoms with E-state index in [4.69, 9.17) is 0 Å². The molecule has 0 saturated heterocycles. The van der Waals surface area contributed by atoms with Crippen molar-refractivity contribution in [2.45, 2.75) is 4.90 Å². The molecule has 1 amide bonds. The van der Waals surface area contributed by atoms with Crippen LogP contribution < -0.4 is 5.32 Å². The Balaban J connectivity index is 1.74. The summed E-state index contributed by atoms with van der Waals surface area (Å²) < 4.78 is 12.1. The zero-order valence-electron chi connectivity index (χ0n) is 12.6. The Morgan fingerprint density at radius 3 is 2.27 bits per heavy atom. The molecule has 0 aromatic heterocycles. The molecule has 0 spiro atoms. The SMILES string of the molecule is CN(CC[S@@](=O)c1ccccc1)CC(=O)Nc1ccccc1. The predicted octanol–water partition coefficient (Wildman–Crippen LogP) is 2.36. The van der Waals surface area contributed by atoms with Crippen LogP contribution in [0.2, 0.25) is 0 Å². The van der Waals surface area contributed by atoms with E-state index in [-0.39, 0.29) is 12.5 Å². The number of nitrogens with zero attached hydrogens (tertiary/aromatic N) is 1. The summed E-state index contributed by atoms with van der Waals surface area (Å²) in [5.74, 6) is 0.443. The lowest BCUT2D eigenvalue weighted by Gasteiger charge is -2.16. The predicted molar refractivity (Wildman–Crippen MR) is 90.3 cm³/mol. The number of carbonyl (C=O) groups is 1. The van der Waals surface area contributed by atoms with Crippen molar-refractivity contribution in [1.82, 2.24) is 4.90 Å². The highest BCUT2D eigenvalue weighted by Gasteiger charge is 2.09. The molecule has 0 aliphatic rings. The summed E-state index contributed by atoms with van der Waals surface area (Å²) in [6.45, 7) is 0.880. The number of rotatable bonds is 7. The Bertz CT molecular complexity index is 617. The van der Waals surface area contributed by atoms with Crippen LogP contribution in [0.1, 0.15) is 0 Å². The van der Waals surface area contributed by atoms with Gasteiger partial charge in [0.1, 0.15) is 0 Å². The van der Waals surface area contributed by atoms with E-state index in [1.165, 1.54) is 0 Å². The number of amides is 1.